The van der Waals surface area contributed by atoms with Crippen LogP contribution in [0.4, 0.5) is 5.69 Å². The fraction of sp³-hybridized carbons (Fsp3) is 0.400. The number of hydrogen-bond donors (Lipinski definition) is 1. The molecule has 0 unspecified atom stereocenters. The maximum absolute atomic E-state index is 12.7. The van der Waals surface area contributed by atoms with E-state index in [2.05, 4.69) is 40.3 Å². The lowest BCUT2D eigenvalue weighted by Gasteiger charge is -2.17. The van der Waals surface area contributed by atoms with Crippen LogP contribution in [0.3, 0.4) is 0 Å². The van der Waals surface area contributed by atoms with Gasteiger partial charge in [-0.15, -0.1) is 5.10 Å². The second-order valence-corrected chi connectivity index (χ2v) is 8.10. The second-order valence-electron chi connectivity index (χ2n) is 6.79. The largest absolute Gasteiger partial charge is 0.325 e. The van der Waals surface area contributed by atoms with Crippen LogP contribution >= 0.6 is 11.8 Å². The van der Waals surface area contributed by atoms with E-state index in [1.165, 1.54) is 11.8 Å². The second kappa shape index (κ2) is 8.08. The van der Waals surface area contributed by atoms with Gasteiger partial charge in [0.15, 0.2) is 0 Å². The van der Waals surface area contributed by atoms with Gasteiger partial charge in [-0.05, 0) is 50.8 Å². The number of rotatable bonds is 6. The summed E-state index contributed by atoms with van der Waals surface area (Å²) in [6.07, 6.45) is 1.02. The lowest BCUT2D eigenvalue weighted by molar-refractivity contribution is -0.115. The van der Waals surface area contributed by atoms with Crippen molar-refractivity contribution in [3.63, 3.8) is 0 Å². The van der Waals surface area contributed by atoms with E-state index < -0.39 is 0 Å². The van der Waals surface area contributed by atoms with Crippen LogP contribution in [-0.4, -0.2) is 30.7 Å². The number of aromatic nitrogens is 4. The molecule has 6 nitrogen and oxygen atoms in total. The minimum atomic E-state index is -0.325. The fourth-order valence-electron chi connectivity index (χ4n) is 2.90. The van der Waals surface area contributed by atoms with Gasteiger partial charge in [-0.1, -0.05) is 43.8 Å². The van der Waals surface area contributed by atoms with Gasteiger partial charge >= 0.3 is 0 Å². The van der Waals surface area contributed by atoms with Crippen molar-refractivity contribution >= 4 is 29.1 Å². The topological polar surface area (TPSA) is 72.2 Å². The summed E-state index contributed by atoms with van der Waals surface area (Å²) in [5.74, 6) is 0.891. The summed E-state index contributed by atoms with van der Waals surface area (Å²) in [4.78, 5) is 21.5. The molecule has 3 aromatic rings. The van der Waals surface area contributed by atoms with E-state index in [-0.39, 0.29) is 11.2 Å². The Morgan fingerprint density at radius 1 is 1.22 bits per heavy atom. The number of nitrogens with one attached hydrogen (secondary N) is 1. The summed E-state index contributed by atoms with van der Waals surface area (Å²) >= 11 is 1.34. The summed E-state index contributed by atoms with van der Waals surface area (Å²) < 4.78 is 1.71. The molecule has 1 amide bonds. The predicted molar refractivity (Wildman–Crippen MR) is 109 cm³/mol. The van der Waals surface area contributed by atoms with Crippen LogP contribution in [0, 0.1) is 13.8 Å². The molecular weight excluding hydrogens is 358 g/mol. The monoisotopic (exact) mass is 383 g/mol. The number of benzene rings is 1. The van der Waals surface area contributed by atoms with E-state index in [4.69, 9.17) is 0 Å². The van der Waals surface area contributed by atoms with E-state index in [1.54, 1.807) is 4.52 Å². The Morgan fingerprint density at radius 3 is 2.70 bits per heavy atom. The third-order valence-corrected chi connectivity index (χ3v) is 5.56. The number of fused-ring (bicyclic) bond motifs is 1. The molecule has 0 saturated heterocycles. The highest BCUT2D eigenvalue weighted by Crippen LogP contribution is 2.28. The quantitative estimate of drug-likeness (QED) is 0.640. The molecule has 0 saturated carbocycles. The predicted octanol–water partition coefficient (Wildman–Crippen LogP) is 4.37. The Bertz CT molecular complexity index is 968. The molecule has 7 heteroatoms. The Labute approximate surface area is 163 Å². The van der Waals surface area contributed by atoms with Crippen molar-refractivity contribution in [3.8, 4) is 0 Å². The van der Waals surface area contributed by atoms with Gasteiger partial charge in [0.05, 0.1) is 5.25 Å². The molecule has 0 radical (unpaired) electrons. The molecule has 1 aromatic carbocycles. The van der Waals surface area contributed by atoms with Gasteiger partial charge in [-0.25, -0.2) is 9.50 Å². The Morgan fingerprint density at radius 2 is 1.96 bits per heavy atom. The van der Waals surface area contributed by atoms with Gasteiger partial charge in [-0.2, -0.15) is 4.98 Å². The number of nitrogens with zero attached hydrogens (tertiary/aromatic N) is 4. The Balaban J connectivity index is 1.74. The number of anilines is 1. The highest BCUT2D eigenvalue weighted by atomic mass is 32.2. The third-order valence-electron chi connectivity index (χ3n) is 4.61. The summed E-state index contributed by atoms with van der Waals surface area (Å²) in [7, 11) is 0. The molecule has 0 aliphatic rings. The molecule has 0 fully saturated rings. The van der Waals surface area contributed by atoms with Crippen LogP contribution in [0.5, 0.6) is 0 Å². The van der Waals surface area contributed by atoms with E-state index in [9.17, 15) is 4.79 Å². The van der Waals surface area contributed by atoms with Gasteiger partial charge in [0.25, 0.3) is 5.78 Å². The molecule has 0 aliphatic carbocycles. The summed E-state index contributed by atoms with van der Waals surface area (Å²) in [6, 6.07) is 9.93. The van der Waals surface area contributed by atoms with Gasteiger partial charge in [-0.3, -0.25) is 4.79 Å². The van der Waals surface area contributed by atoms with Crippen LogP contribution in [0.15, 0.2) is 35.5 Å². The molecule has 2 aromatic heterocycles. The number of para-hydroxylation sites is 1. The molecule has 27 heavy (non-hydrogen) atoms. The smallest absolute Gasteiger partial charge is 0.253 e. The maximum atomic E-state index is 12.7. The van der Waals surface area contributed by atoms with E-state index in [0.29, 0.717) is 16.9 Å². The Hall–Kier alpha value is -2.41. The molecule has 0 spiro atoms. The molecule has 0 aliphatic heterocycles. The lowest BCUT2D eigenvalue weighted by atomic mass is 9.97. The maximum Gasteiger partial charge on any atom is 0.253 e. The molecular formula is C20H25N5OS. The van der Waals surface area contributed by atoms with Gasteiger partial charge < -0.3 is 5.32 Å². The first-order valence-corrected chi connectivity index (χ1v) is 10.0. The highest BCUT2D eigenvalue weighted by Gasteiger charge is 2.20. The molecule has 0 bridgehead atoms. The minimum absolute atomic E-state index is 0.0597. The van der Waals surface area contributed by atoms with Gasteiger partial charge in [0, 0.05) is 17.1 Å². The summed E-state index contributed by atoms with van der Waals surface area (Å²) in [5.41, 5.74) is 3.90. The number of carbonyl (C=O) groups excluding carboxylic acids is 1. The van der Waals surface area contributed by atoms with Crippen molar-refractivity contribution in [1.82, 2.24) is 19.6 Å². The molecule has 1 N–H and O–H groups in total. The fourth-order valence-corrected chi connectivity index (χ4v) is 3.65. The number of amides is 1. The standard InChI is InChI=1S/C20H25N5OS/c1-6-12(2)16-9-7-8-10-17(16)22-18(26)15(5)27-20-23-19-21-13(3)11-14(4)25(19)24-20/h7-12,15H,6H2,1-5H3,(H,22,26)/t12-,15-/m0/s1. The SMILES string of the molecule is CC[C@H](C)c1ccccc1NC(=O)[C@H](C)Sc1nc2nc(C)cc(C)n2n1. The molecule has 2 atom stereocenters. The summed E-state index contributed by atoms with van der Waals surface area (Å²) in [6.45, 7) is 10.1. The van der Waals surface area contributed by atoms with Crippen molar-refractivity contribution in [2.75, 3.05) is 5.32 Å². The lowest BCUT2D eigenvalue weighted by Crippen LogP contribution is -2.23. The molecule has 142 valence electrons. The van der Waals surface area contributed by atoms with Gasteiger partial charge in [0.2, 0.25) is 11.1 Å². The van der Waals surface area contributed by atoms with Crippen LogP contribution in [0.1, 0.15) is 50.1 Å². The average Bonchev–Trinajstić information content (AvgIpc) is 3.04. The number of hydrogen-bond acceptors (Lipinski definition) is 5. The molecule has 2 heterocycles. The van der Waals surface area contributed by atoms with Crippen molar-refractivity contribution in [3.05, 3.63) is 47.3 Å². The van der Waals surface area contributed by atoms with Crippen LogP contribution < -0.4 is 5.32 Å². The van der Waals surface area contributed by atoms with Gasteiger partial charge in [0.1, 0.15) is 0 Å². The van der Waals surface area contributed by atoms with E-state index >= 15 is 0 Å². The minimum Gasteiger partial charge on any atom is -0.325 e. The van der Waals surface area contributed by atoms with Crippen molar-refractivity contribution in [2.45, 2.75) is 57.4 Å². The van der Waals surface area contributed by atoms with Crippen molar-refractivity contribution < 1.29 is 4.79 Å². The van der Waals surface area contributed by atoms with E-state index in [0.717, 1.165) is 29.1 Å². The summed E-state index contributed by atoms with van der Waals surface area (Å²) in [5, 5.41) is 7.75. The number of carbonyl (C=O) groups is 1. The van der Waals surface area contributed by atoms with Crippen molar-refractivity contribution in [1.29, 1.82) is 0 Å². The van der Waals surface area contributed by atoms with E-state index in [1.807, 2.05) is 45.0 Å². The highest BCUT2D eigenvalue weighted by molar-refractivity contribution is 8.00. The third kappa shape index (κ3) is 4.30. The van der Waals surface area contributed by atoms with Crippen LogP contribution in [0.2, 0.25) is 0 Å². The first-order valence-electron chi connectivity index (χ1n) is 9.16. The zero-order chi connectivity index (χ0) is 19.6. The first kappa shape index (κ1) is 19.4. The molecule has 3 rings (SSSR count). The zero-order valence-corrected chi connectivity index (χ0v) is 17.2. The zero-order valence-electron chi connectivity index (χ0n) is 16.4. The number of thioether (sulfide) groups is 1. The normalized spacial score (nSPS) is 13.5. The first-order chi connectivity index (χ1) is 12.9. The van der Waals surface area contributed by atoms with Crippen molar-refractivity contribution in [2.24, 2.45) is 0 Å². The average molecular weight is 384 g/mol. The number of aryl methyl sites for hydroxylation is 2. The van der Waals surface area contributed by atoms with Crippen LogP contribution in [0.25, 0.3) is 5.78 Å². The van der Waals surface area contributed by atoms with Crippen LogP contribution in [-0.2, 0) is 4.79 Å². The Kier molecular flexibility index (Phi) is 5.79.